The molecular formula is C26H26ClN3O3. The number of nitrogens with zero attached hydrogens (tertiary/aromatic N) is 3. The highest BCUT2D eigenvalue weighted by molar-refractivity contribution is 6.41. The average Bonchev–Trinajstić information content (AvgIpc) is 2.85. The third-order valence-corrected chi connectivity index (χ3v) is 5.91. The Bertz CT molecular complexity index is 1070. The van der Waals surface area contributed by atoms with Crippen LogP contribution in [0.25, 0.3) is 11.1 Å². The van der Waals surface area contributed by atoms with Gasteiger partial charge in [0.05, 0.1) is 6.61 Å². The molecule has 170 valence electrons. The summed E-state index contributed by atoms with van der Waals surface area (Å²) in [5, 5.41) is 0.724. The van der Waals surface area contributed by atoms with E-state index in [9.17, 15) is 9.59 Å². The van der Waals surface area contributed by atoms with E-state index in [0.29, 0.717) is 31.9 Å². The number of halogens is 1. The summed E-state index contributed by atoms with van der Waals surface area (Å²) in [5.74, 6) is -0.0753. The number of carbonyl (C=O) groups is 2. The lowest BCUT2D eigenvalue weighted by Crippen LogP contribution is -2.54. The minimum atomic E-state index is -0.474. The molecule has 2 heterocycles. The molecule has 3 aromatic rings. The van der Waals surface area contributed by atoms with Crippen LogP contribution in [0, 0.1) is 0 Å². The van der Waals surface area contributed by atoms with Gasteiger partial charge in [-0.1, -0.05) is 35.9 Å². The molecule has 0 spiro atoms. The fraction of sp³-hybridized carbons (Fsp3) is 0.269. The summed E-state index contributed by atoms with van der Waals surface area (Å²) in [5.41, 5.74) is 2.93. The van der Waals surface area contributed by atoms with Gasteiger partial charge in [-0.25, -0.2) is 0 Å². The Labute approximate surface area is 198 Å². The number of unbranched alkanes of at least 4 members (excludes halogenated alkanes) is 2. The van der Waals surface area contributed by atoms with Crippen LogP contribution in [0.15, 0.2) is 73.1 Å². The second-order valence-electron chi connectivity index (χ2n) is 7.89. The molecule has 1 saturated heterocycles. The number of carbonyl (C=O) groups excluding carboxylic acids is 2. The maximum Gasteiger partial charge on any atom is 0.316 e. The van der Waals surface area contributed by atoms with Crippen molar-refractivity contribution in [3.8, 4) is 16.9 Å². The Balaban J connectivity index is 1.15. The van der Waals surface area contributed by atoms with Crippen molar-refractivity contribution in [2.45, 2.75) is 19.3 Å². The standard InChI is InChI=1S/C26H26ClN3O3/c27-22-8-4-20(5-9-22)21-6-10-24(11-7-21)33-19-3-1-2-16-29-17-18-30(26(32)25(29)31)23-12-14-28-15-13-23/h4-15H,1-3,16-19H2. The number of rotatable bonds is 9. The summed E-state index contributed by atoms with van der Waals surface area (Å²) in [6.07, 6.45) is 5.89. The van der Waals surface area contributed by atoms with E-state index in [1.54, 1.807) is 29.4 Å². The fourth-order valence-electron chi connectivity index (χ4n) is 3.82. The number of hydrogen-bond donors (Lipinski definition) is 0. The third-order valence-electron chi connectivity index (χ3n) is 5.66. The lowest BCUT2D eigenvalue weighted by Gasteiger charge is -2.33. The number of ether oxygens (including phenoxy) is 1. The van der Waals surface area contributed by atoms with Crippen LogP contribution >= 0.6 is 11.6 Å². The van der Waals surface area contributed by atoms with Crippen molar-refractivity contribution in [2.24, 2.45) is 0 Å². The highest BCUT2D eigenvalue weighted by atomic mass is 35.5. The molecule has 0 bridgehead atoms. The fourth-order valence-corrected chi connectivity index (χ4v) is 3.94. The van der Waals surface area contributed by atoms with Crippen LogP contribution in [0.5, 0.6) is 5.75 Å². The van der Waals surface area contributed by atoms with Crippen LogP contribution in [0.2, 0.25) is 5.02 Å². The first-order chi connectivity index (χ1) is 16.1. The van der Waals surface area contributed by atoms with Gasteiger partial charge in [-0.05, 0) is 66.8 Å². The van der Waals surface area contributed by atoms with E-state index in [1.807, 2.05) is 48.5 Å². The van der Waals surface area contributed by atoms with Crippen LogP contribution in [0.3, 0.4) is 0 Å². The van der Waals surface area contributed by atoms with Gasteiger partial charge in [0.15, 0.2) is 0 Å². The number of anilines is 1. The molecular weight excluding hydrogens is 438 g/mol. The molecule has 2 amide bonds. The summed E-state index contributed by atoms with van der Waals surface area (Å²) in [4.78, 5) is 32.0. The number of amides is 2. The molecule has 0 aliphatic carbocycles. The quantitative estimate of drug-likeness (QED) is 0.337. The minimum absolute atomic E-state index is 0.435. The second-order valence-corrected chi connectivity index (χ2v) is 8.33. The molecule has 1 aliphatic rings. The molecule has 4 rings (SSSR count). The highest BCUT2D eigenvalue weighted by Gasteiger charge is 2.32. The smallest absolute Gasteiger partial charge is 0.316 e. The zero-order valence-electron chi connectivity index (χ0n) is 18.3. The number of piperazine rings is 1. The first-order valence-corrected chi connectivity index (χ1v) is 11.5. The lowest BCUT2D eigenvalue weighted by atomic mass is 10.1. The van der Waals surface area contributed by atoms with Crippen LogP contribution in [-0.2, 0) is 9.59 Å². The zero-order valence-corrected chi connectivity index (χ0v) is 19.1. The molecule has 0 unspecified atom stereocenters. The summed E-state index contributed by atoms with van der Waals surface area (Å²) in [6.45, 7) is 2.25. The number of aromatic nitrogens is 1. The molecule has 6 nitrogen and oxygen atoms in total. The minimum Gasteiger partial charge on any atom is -0.494 e. The monoisotopic (exact) mass is 463 g/mol. The largest absolute Gasteiger partial charge is 0.494 e. The van der Waals surface area contributed by atoms with Crippen LogP contribution in [-0.4, -0.2) is 47.9 Å². The summed E-state index contributed by atoms with van der Waals surface area (Å²) in [7, 11) is 0. The molecule has 33 heavy (non-hydrogen) atoms. The average molecular weight is 464 g/mol. The molecule has 1 aromatic heterocycles. The summed E-state index contributed by atoms with van der Waals surface area (Å²) in [6, 6.07) is 19.2. The van der Waals surface area contributed by atoms with Gasteiger partial charge >= 0.3 is 11.8 Å². The van der Waals surface area contributed by atoms with Crippen molar-refractivity contribution in [2.75, 3.05) is 31.1 Å². The van der Waals surface area contributed by atoms with Crippen molar-refractivity contribution in [3.63, 3.8) is 0 Å². The predicted molar refractivity (Wildman–Crippen MR) is 129 cm³/mol. The van der Waals surface area contributed by atoms with Crippen molar-refractivity contribution in [1.29, 1.82) is 0 Å². The van der Waals surface area contributed by atoms with Gasteiger partial charge < -0.3 is 14.5 Å². The van der Waals surface area contributed by atoms with E-state index in [1.165, 1.54) is 4.90 Å². The predicted octanol–water partition coefficient (Wildman–Crippen LogP) is 4.83. The van der Waals surface area contributed by atoms with E-state index in [4.69, 9.17) is 16.3 Å². The second kappa shape index (κ2) is 11.0. The molecule has 1 fully saturated rings. The molecule has 7 heteroatoms. The van der Waals surface area contributed by atoms with E-state index >= 15 is 0 Å². The zero-order chi connectivity index (χ0) is 23.0. The summed E-state index contributed by atoms with van der Waals surface area (Å²) >= 11 is 5.95. The molecule has 0 saturated carbocycles. The summed E-state index contributed by atoms with van der Waals surface area (Å²) < 4.78 is 5.84. The maximum atomic E-state index is 12.4. The SMILES string of the molecule is O=C1C(=O)N(c2ccncc2)CCN1CCCCCOc1ccc(-c2ccc(Cl)cc2)cc1. The topological polar surface area (TPSA) is 62.7 Å². The Hall–Kier alpha value is -3.38. The van der Waals surface area contributed by atoms with Crippen molar-refractivity contribution >= 4 is 29.1 Å². The van der Waals surface area contributed by atoms with Gasteiger partial charge in [0.2, 0.25) is 0 Å². The van der Waals surface area contributed by atoms with Crippen LogP contribution in [0.1, 0.15) is 19.3 Å². The van der Waals surface area contributed by atoms with Crippen molar-refractivity contribution in [3.05, 3.63) is 78.1 Å². The molecule has 2 aromatic carbocycles. The number of hydrogen-bond acceptors (Lipinski definition) is 4. The molecule has 0 N–H and O–H groups in total. The van der Waals surface area contributed by atoms with E-state index in [2.05, 4.69) is 4.98 Å². The lowest BCUT2D eigenvalue weighted by molar-refractivity contribution is -0.146. The van der Waals surface area contributed by atoms with E-state index < -0.39 is 11.8 Å². The Morgan fingerprint density at radius 1 is 0.788 bits per heavy atom. The van der Waals surface area contributed by atoms with E-state index in [-0.39, 0.29) is 0 Å². The normalized spacial score (nSPS) is 14.0. The van der Waals surface area contributed by atoms with Crippen LogP contribution < -0.4 is 9.64 Å². The first-order valence-electron chi connectivity index (χ1n) is 11.1. The molecule has 0 atom stereocenters. The van der Waals surface area contributed by atoms with Crippen molar-refractivity contribution in [1.82, 2.24) is 9.88 Å². The van der Waals surface area contributed by atoms with E-state index in [0.717, 1.165) is 41.2 Å². The first kappa shape index (κ1) is 22.8. The maximum absolute atomic E-state index is 12.4. The van der Waals surface area contributed by atoms with Gasteiger partial charge in [0, 0.05) is 42.7 Å². The Kier molecular flexibility index (Phi) is 7.58. The number of benzene rings is 2. The van der Waals surface area contributed by atoms with Gasteiger partial charge in [-0.15, -0.1) is 0 Å². The Morgan fingerprint density at radius 3 is 2.15 bits per heavy atom. The molecule has 1 aliphatic heterocycles. The van der Waals surface area contributed by atoms with Crippen LogP contribution in [0.4, 0.5) is 5.69 Å². The molecule has 0 radical (unpaired) electrons. The number of pyridine rings is 1. The third kappa shape index (κ3) is 5.90. The van der Waals surface area contributed by atoms with Gasteiger partial charge in [0.25, 0.3) is 0 Å². The van der Waals surface area contributed by atoms with Crippen molar-refractivity contribution < 1.29 is 14.3 Å². The highest BCUT2D eigenvalue weighted by Crippen LogP contribution is 2.24. The van der Waals surface area contributed by atoms with Gasteiger partial charge in [0.1, 0.15) is 5.75 Å². The van der Waals surface area contributed by atoms with Gasteiger partial charge in [-0.2, -0.15) is 0 Å². The Morgan fingerprint density at radius 2 is 1.45 bits per heavy atom. The van der Waals surface area contributed by atoms with Gasteiger partial charge in [-0.3, -0.25) is 14.6 Å².